The predicted molar refractivity (Wildman–Crippen MR) is 51.8 cm³/mol. The van der Waals surface area contributed by atoms with Gasteiger partial charge in [0.15, 0.2) is 3.92 Å². The van der Waals surface area contributed by atoms with E-state index in [4.69, 9.17) is 5.73 Å². The summed E-state index contributed by atoms with van der Waals surface area (Å²) in [5.74, 6) is 0. The first-order valence-electron chi connectivity index (χ1n) is 3.17. The van der Waals surface area contributed by atoms with Gasteiger partial charge in [-0.3, -0.25) is 5.10 Å². The minimum Gasteiger partial charge on any atom is -0.396 e. The molecule has 0 radical (unpaired) electrons. The summed E-state index contributed by atoms with van der Waals surface area (Å²) in [7, 11) is 0. The van der Waals surface area contributed by atoms with Crippen LogP contribution >= 0.6 is 27.3 Å². The number of nitrogens with zero attached hydrogens (tertiary/aromatic N) is 2. The number of aromatic amines is 1. The van der Waals surface area contributed by atoms with Gasteiger partial charge in [-0.15, -0.1) is 11.3 Å². The molecule has 2 rings (SSSR count). The molecule has 0 aliphatic rings. The van der Waals surface area contributed by atoms with Gasteiger partial charge < -0.3 is 5.73 Å². The smallest absolute Gasteiger partial charge is 0.159 e. The van der Waals surface area contributed by atoms with Crippen LogP contribution in [0, 0.1) is 0 Å². The Bertz CT molecular complexity index is 394. The number of anilines is 1. The molecule has 2 aromatic rings. The van der Waals surface area contributed by atoms with Crippen LogP contribution in [-0.4, -0.2) is 15.2 Å². The van der Waals surface area contributed by atoms with Crippen molar-refractivity contribution in [2.75, 3.05) is 5.73 Å². The molecule has 0 fully saturated rings. The Morgan fingerprint density at radius 2 is 2.42 bits per heavy atom. The highest BCUT2D eigenvalue weighted by Crippen LogP contribution is 2.26. The Morgan fingerprint density at radius 1 is 1.58 bits per heavy atom. The van der Waals surface area contributed by atoms with E-state index in [1.807, 2.05) is 5.38 Å². The van der Waals surface area contributed by atoms with Gasteiger partial charge in [-0.1, -0.05) is 0 Å². The first-order chi connectivity index (χ1) is 5.77. The van der Waals surface area contributed by atoms with E-state index < -0.39 is 0 Å². The fraction of sp³-hybridized carbons (Fsp3) is 0. The van der Waals surface area contributed by atoms with Gasteiger partial charge in [0.2, 0.25) is 0 Å². The zero-order valence-electron chi connectivity index (χ0n) is 5.91. The van der Waals surface area contributed by atoms with Crippen LogP contribution in [0.15, 0.2) is 15.5 Å². The second kappa shape index (κ2) is 2.87. The summed E-state index contributed by atoms with van der Waals surface area (Å²) in [5.41, 5.74) is 7.85. The summed E-state index contributed by atoms with van der Waals surface area (Å²) in [6, 6.07) is 0. The molecule has 0 aliphatic heterocycles. The summed E-state index contributed by atoms with van der Waals surface area (Å²) in [6.45, 7) is 0. The van der Waals surface area contributed by atoms with Crippen molar-refractivity contribution >= 4 is 33.0 Å². The second-order valence-corrected chi connectivity index (χ2v) is 4.32. The molecule has 3 N–H and O–H groups in total. The van der Waals surface area contributed by atoms with Crippen LogP contribution in [-0.2, 0) is 0 Å². The number of H-pyrrole nitrogens is 1. The lowest BCUT2D eigenvalue weighted by atomic mass is 10.3. The molecule has 12 heavy (non-hydrogen) atoms. The van der Waals surface area contributed by atoms with E-state index in [1.54, 1.807) is 6.20 Å². The number of hydrogen-bond acceptors (Lipinski definition) is 4. The summed E-state index contributed by atoms with van der Waals surface area (Å²) >= 11 is 4.79. The molecule has 0 unspecified atom stereocenters. The van der Waals surface area contributed by atoms with Crippen molar-refractivity contribution in [1.29, 1.82) is 0 Å². The zero-order chi connectivity index (χ0) is 8.55. The highest BCUT2D eigenvalue weighted by molar-refractivity contribution is 9.11. The first kappa shape index (κ1) is 7.75. The molecule has 0 spiro atoms. The van der Waals surface area contributed by atoms with Gasteiger partial charge in [-0.05, 0) is 15.9 Å². The number of nitrogens with one attached hydrogen (secondary N) is 1. The van der Waals surface area contributed by atoms with Gasteiger partial charge in [-0.25, -0.2) is 4.98 Å². The first-order valence-corrected chi connectivity index (χ1v) is 4.85. The maximum atomic E-state index is 5.64. The van der Waals surface area contributed by atoms with Crippen LogP contribution in [0.5, 0.6) is 0 Å². The minimum absolute atomic E-state index is 0.618. The van der Waals surface area contributed by atoms with Gasteiger partial charge in [0.05, 0.1) is 11.9 Å². The van der Waals surface area contributed by atoms with E-state index in [0.29, 0.717) is 5.69 Å². The molecule has 0 saturated heterocycles. The number of thiazole rings is 1. The highest BCUT2D eigenvalue weighted by atomic mass is 79.9. The highest BCUT2D eigenvalue weighted by Gasteiger charge is 2.07. The van der Waals surface area contributed by atoms with E-state index in [-0.39, 0.29) is 0 Å². The number of aromatic nitrogens is 3. The lowest BCUT2D eigenvalue weighted by molar-refractivity contribution is 1.09. The zero-order valence-corrected chi connectivity index (χ0v) is 8.32. The van der Waals surface area contributed by atoms with Crippen molar-refractivity contribution in [3.05, 3.63) is 15.5 Å². The lowest BCUT2D eigenvalue weighted by Gasteiger charge is -1.90. The van der Waals surface area contributed by atoms with Crippen molar-refractivity contribution in [1.82, 2.24) is 15.2 Å². The summed E-state index contributed by atoms with van der Waals surface area (Å²) < 4.78 is 0.839. The SMILES string of the molecule is Nc1cn[nH]c1-c1csc(Br)n1. The van der Waals surface area contributed by atoms with Gasteiger partial charge in [0.1, 0.15) is 11.4 Å². The fourth-order valence-electron chi connectivity index (χ4n) is 0.867. The van der Waals surface area contributed by atoms with Crippen molar-refractivity contribution in [2.45, 2.75) is 0 Å². The molecular weight excluding hydrogens is 240 g/mol. The molecule has 62 valence electrons. The third-order valence-electron chi connectivity index (χ3n) is 1.40. The van der Waals surface area contributed by atoms with E-state index >= 15 is 0 Å². The van der Waals surface area contributed by atoms with Gasteiger partial charge in [0.25, 0.3) is 0 Å². The molecule has 0 aromatic carbocycles. The molecule has 4 nitrogen and oxygen atoms in total. The molecule has 6 heteroatoms. The Kier molecular flexibility index (Phi) is 1.86. The normalized spacial score (nSPS) is 10.4. The van der Waals surface area contributed by atoms with Crippen molar-refractivity contribution < 1.29 is 0 Å². The van der Waals surface area contributed by atoms with E-state index in [1.165, 1.54) is 11.3 Å². The van der Waals surface area contributed by atoms with Crippen LogP contribution in [0.25, 0.3) is 11.4 Å². The summed E-state index contributed by atoms with van der Waals surface area (Å²) in [4.78, 5) is 4.20. The molecule has 0 aliphatic carbocycles. The Hall–Kier alpha value is -0.880. The van der Waals surface area contributed by atoms with Crippen LogP contribution in [0.1, 0.15) is 0 Å². The Labute approximate surface area is 81.0 Å². The largest absolute Gasteiger partial charge is 0.396 e. The average molecular weight is 245 g/mol. The summed E-state index contributed by atoms with van der Waals surface area (Å²) in [5, 5.41) is 8.50. The third kappa shape index (κ3) is 1.23. The lowest BCUT2D eigenvalue weighted by Crippen LogP contribution is -1.86. The number of hydrogen-bond donors (Lipinski definition) is 2. The quantitative estimate of drug-likeness (QED) is 0.805. The summed E-state index contributed by atoms with van der Waals surface area (Å²) in [6.07, 6.45) is 1.57. The maximum Gasteiger partial charge on any atom is 0.159 e. The standard InChI is InChI=1S/C6H5BrN4S/c7-6-10-4(2-12-6)5-3(8)1-9-11-5/h1-2H,8H2,(H,9,11). The Morgan fingerprint density at radius 3 is 2.92 bits per heavy atom. The maximum absolute atomic E-state index is 5.64. The molecule has 2 heterocycles. The van der Waals surface area contributed by atoms with Crippen LogP contribution < -0.4 is 5.73 Å². The second-order valence-electron chi connectivity index (χ2n) is 2.19. The average Bonchev–Trinajstić information content (AvgIpc) is 2.58. The minimum atomic E-state index is 0.618. The van der Waals surface area contributed by atoms with Crippen molar-refractivity contribution in [2.24, 2.45) is 0 Å². The molecule has 0 bridgehead atoms. The van der Waals surface area contributed by atoms with Crippen LogP contribution in [0.4, 0.5) is 5.69 Å². The molecule has 2 aromatic heterocycles. The molecular formula is C6H5BrN4S. The van der Waals surface area contributed by atoms with Crippen LogP contribution in [0.2, 0.25) is 0 Å². The van der Waals surface area contributed by atoms with Gasteiger partial charge >= 0.3 is 0 Å². The van der Waals surface area contributed by atoms with Gasteiger partial charge in [-0.2, -0.15) is 5.10 Å². The van der Waals surface area contributed by atoms with E-state index in [0.717, 1.165) is 15.3 Å². The number of nitrogen functional groups attached to an aromatic ring is 1. The number of nitrogens with two attached hydrogens (primary N) is 1. The third-order valence-corrected chi connectivity index (χ3v) is 2.77. The van der Waals surface area contributed by atoms with Crippen LogP contribution in [0.3, 0.4) is 0 Å². The van der Waals surface area contributed by atoms with E-state index in [2.05, 4.69) is 31.1 Å². The Balaban J connectivity index is 2.50. The fourth-order valence-corrected chi connectivity index (χ4v) is 1.87. The topological polar surface area (TPSA) is 67.6 Å². The van der Waals surface area contributed by atoms with E-state index in [9.17, 15) is 0 Å². The van der Waals surface area contributed by atoms with Crippen molar-refractivity contribution in [3.8, 4) is 11.4 Å². The molecule has 0 saturated carbocycles. The number of rotatable bonds is 1. The molecule has 0 atom stereocenters. The molecule has 0 amide bonds. The number of halogens is 1. The monoisotopic (exact) mass is 244 g/mol. The van der Waals surface area contributed by atoms with Gasteiger partial charge in [0, 0.05) is 5.38 Å². The predicted octanol–water partition coefficient (Wildman–Crippen LogP) is 1.88. The van der Waals surface area contributed by atoms with Crippen molar-refractivity contribution in [3.63, 3.8) is 0 Å².